The van der Waals surface area contributed by atoms with Gasteiger partial charge < -0.3 is 15.0 Å². The lowest BCUT2D eigenvalue weighted by Gasteiger charge is -2.22. The number of aromatic amines is 1. The van der Waals surface area contributed by atoms with Crippen LogP contribution in [-0.2, 0) is 12.8 Å². The number of hydrogen-bond donors (Lipinski definition) is 2. The Balaban J connectivity index is 2.08. The highest BCUT2D eigenvalue weighted by molar-refractivity contribution is 5.91. The lowest BCUT2D eigenvalue weighted by atomic mass is 9.94. The molecule has 0 saturated heterocycles. The van der Waals surface area contributed by atoms with Gasteiger partial charge in [0.25, 0.3) is 0 Å². The fourth-order valence-electron chi connectivity index (χ4n) is 3.21. The van der Waals surface area contributed by atoms with Gasteiger partial charge in [0.2, 0.25) is 0 Å². The van der Waals surface area contributed by atoms with E-state index in [-0.39, 0.29) is 0 Å². The third-order valence-electron chi connectivity index (χ3n) is 4.12. The van der Waals surface area contributed by atoms with Gasteiger partial charge in [-0.15, -0.1) is 0 Å². The normalized spacial score (nSPS) is 19.2. The van der Waals surface area contributed by atoms with Crippen molar-refractivity contribution in [3.8, 4) is 5.75 Å². The number of ether oxygens (including phenoxy) is 1. The van der Waals surface area contributed by atoms with E-state index in [0.717, 1.165) is 30.7 Å². The summed E-state index contributed by atoms with van der Waals surface area (Å²) in [6, 6.07) is 4.92. The van der Waals surface area contributed by atoms with Crippen molar-refractivity contribution in [3.05, 3.63) is 29.5 Å². The Hall–Kier alpha value is -1.48. The SMILES string of the molecule is CCCC1Cc2ccc(OC)c3[nH]cc(c23)CCN1. The number of benzene rings is 1. The van der Waals surface area contributed by atoms with Crippen LogP contribution in [0.4, 0.5) is 0 Å². The fourth-order valence-corrected chi connectivity index (χ4v) is 3.21. The molecule has 1 aromatic carbocycles. The number of nitrogens with one attached hydrogen (secondary N) is 2. The van der Waals surface area contributed by atoms with Crippen LogP contribution < -0.4 is 10.1 Å². The van der Waals surface area contributed by atoms with Crippen molar-refractivity contribution in [1.29, 1.82) is 0 Å². The van der Waals surface area contributed by atoms with E-state index in [1.165, 1.54) is 29.4 Å². The molecule has 0 fully saturated rings. The zero-order valence-corrected chi connectivity index (χ0v) is 11.8. The van der Waals surface area contributed by atoms with Gasteiger partial charge in [0.05, 0.1) is 12.6 Å². The summed E-state index contributed by atoms with van der Waals surface area (Å²) in [5.74, 6) is 0.950. The summed E-state index contributed by atoms with van der Waals surface area (Å²) in [4.78, 5) is 3.39. The minimum atomic E-state index is 0.602. The maximum absolute atomic E-state index is 5.46. The summed E-state index contributed by atoms with van der Waals surface area (Å²) >= 11 is 0. The van der Waals surface area contributed by atoms with Gasteiger partial charge in [0.1, 0.15) is 5.75 Å². The smallest absolute Gasteiger partial charge is 0.142 e. The molecular formula is C16H22N2O. The van der Waals surface area contributed by atoms with Crippen LogP contribution in [0.15, 0.2) is 18.3 Å². The Labute approximate surface area is 114 Å². The molecule has 1 atom stereocenters. The van der Waals surface area contributed by atoms with Crippen LogP contribution in [0.3, 0.4) is 0 Å². The van der Waals surface area contributed by atoms with E-state index in [9.17, 15) is 0 Å². The van der Waals surface area contributed by atoms with Crippen LogP contribution in [-0.4, -0.2) is 24.7 Å². The van der Waals surface area contributed by atoms with Gasteiger partial charge in [0, 0.05) is 17.6 Å². The molecule has 2 heterocycles. The molecule has 0 amide bonds. The van der Waals surface area contributed by atoms with E-state index >= 15 is 0 Å². The van der Waals surface area contributed by atoms with E-state index in [1.54, 1.807) is 7.11 Å². The van der Waals surface area contributed by atoms with Gasteiger partial charge in [-0.25, -0.2) is 0 Å². The van der Waals surface area contributed by atoms with E-state index in [2.05, 4.69) is 35.6 Å². The van der Waals surface area contributed by atoms with Crippen molar-refractivity contribution in [2.45, 2.75) is 38.6 Å². The van der Waals surface area contributed by atoms with Crippen LogP contribution in [0.1, 0.15) is 30.9 Å². The van der Waals surface area contributed by atoms with Crippen LogP contribution in [0.25, 0.3) is 10.9 Å². The van der Waals surface area contributed by atoms with E-state index in [1.807, 2.05) is 0 Å². The Kier molecular flexibility index (Phi) is 3.47. The van der Waals surface area contributed by atoms with Crippen LogP contribution >= 0.6 is 0 Å². The summed E-state index contributed by atoms with van der Waals surface area (Å²) in [7, 11) is 1.74. The standard InChI is InChI=1S/C16H22N2O/c1-3-4-13-9-11-5-6-14(19-2)16-15(11)12(10-18-16)7-8-17-13/h5-6,10,13,17-18H,3-4,7-9H2,1-2H3. The molecule has 1 aromatic heterocycles. The van der Waals surface area contributed by atoms with Crippen molar-refractivity contribution in [1.82, 2.24) is 10.3 Å². The number of H-pyrrole nitrogens is 1. The number of methoxy groups -OCH3 is 1. The fraction of sp³-hybridized carbons (Fsp3) is 0.500. The second-order valence-electron chi connectivity index (χ2n) is 5.38. The van der Waals surface area contributed by atoms with Crippen molar-refractivity contribution in [2.24, 2.45) is 0 Å². The van der Waals surface area contributed by atoms with E-state index in [0.29, 0.717) is 6.04 Å². The molecule has 2 aromatic rings. The largest absolute Gasteiger partial charge is 0.495 e. The monoisotopic (exact) mass is 258 g/mol. The molecule has 2 N–H and O–H groups in total. The van der Waals surface area contributed by atoms with Gasteiger partial charge >= 0.3 is 0 Å². The maximum atomic E-state index is 5.46. The third kappa shape index (κ3) is 2.23. The van der Waals surface area contributed by atoms with Gasteiger partial charge in [-0.2, -0.15) is 0 Å². The molecule has 3 rings (SSSR count). The summed E-state index contributed by atoms with van der Waals surface area (Å²) in [6.07, 6.45) is 6.81. The van der Waals surface area contributed by atoms with Crippen LogP contribution in [0, 0.1) is 0 Å². The summed E-state index contributed by atoms with van der Waals surface area (Å²) < 4.78 is 5.46. The summed E-state index contributed by atoms with van der Waals surface area (Å²) in [6.45, 7) is 3.32. The summed E-state index contributed by atoms with van der Waals surface area (Å²) in [5.41, 5.74) is 4.01. The molecule has 1 unspecified atom stereocenters. The van der Waals surface area contributed by atoms with Crippen molar-refractivity contribution in [3.63, 3.8) is 0 Å². The zero-order chi connectivity index (χ0) is 13.2. The maximum Gasteiger partial charge on any atom is 0.142 e. The topological polar surface area (TPSA) is 37.0 Å². The number of hydrogen-bond acceptors (Lipinski definition) is 2. The molecule has 1 aliphatic heterocycles. The molecule has 1 aliphatic rings. The first-order valence-corrected chi connectivity index (χ1v) is 7.22. The first-order valence-electron chi connectivity index (χ1n) is 7.22. The van der Waals surface area contributed by atoms with Crippen molar-refractivity contribution in [2.75, 3.05) is 13.7 Å². The minimum Gasteiger partial charge on any atom is -0.495 e. The molecule has 0 spiro atoms. The molecule has 0 bridgehead atoms. The van der Waals surface area contributed by atoms with Crippen LogP contribution in [0.2, 0.25) is 0 Å². The first-order chi connectivity index (χ1) is 9.33. The molecule has 3 nitrogen and oxygen atoms in total. The predicted molar refractivity (Wildman–Crippen MR) is 79.0 cm³/mol. The molecule has 3 heteroatoms. The van der Waals surface area contributed by atoms with Crippen LogP contribution in [0.5, 0.6) is 5.75 Å². The van der Waals surface area contributed by atoms with Crippen molar-refractivity contribution >= 4 is 10.9 Å². The van der Waals surface area contributed by atoms with Crippen molar-refractivity contribution < 1.29 is 4.74 Å². The second kappa shape index (κ2) is 5.25. The molecule has 19 heavy (non-hydrogen) atoms. The highest BCUT2D eigenvalue weighted by Crippen LogP contribution is 2.32. The summed E-state index contributed by atoms with van der Waals surface area (Å²) in [5, 5.41) is 5.07. The highest BCUT2D eigenvalue weighted by Gasteiger charge is 2.18. The van der Waals surface area contributed by atoms with Gasteiger partial charge in [-0.3, -0.25) is 0 Å². The Bertz CT molecular complexity index is 573. The van der Waals surface area contributed by atoms with Gasteiger partial charge in [0.15, 0.2) is 0 Å². The predicted octanol–water partition coefficient (Wildman–Crippen LogP) is 3.03. The Morgan fingerprint density at radius 1 is 1.32 bits per heavy atom. The number of aromatic nitrogens is 1. The quantitative estimate of drug-likeness (QED) is 0.888. The second-order valence-corrected chi connectivity index (χ2v) is 5.38. The lowest BCUT2D eigenvalue weighted by Crippen LogP contribution is -2.33. The Morgan fingerprint density at radius 3 is 3.00 bits per heavy atom. The number of rotatable bonds is 3. The molecule has 0 saturated carbocycles. The Morgan fingerprint density at radius 2 is 2.21 bits per heavy atom. The zero-order valence-electron chi connectivity index (χ0n) is 11.8. The average Bonchev–Trinajstić information content (AvgIpc) is 2.81. The molecule has 0 aliphatic carbocycles. The van der Waals surface area contributed by atoms with E-state index in [4.69, 9.17) is 4.74 Å². The molecule has 102 valence electrons. The third-order valence-corrected chi connectivity index (χ3v) is 4.12. The lowest BCUT2D eigenvalue weighted by molar-refractivity contribution is 0.418. The highest BCUT2D eigenvalue weighted by atomic mass is 16.5. The van der Waals surface area contributed by atoms with Gasteiger partial charge in [-0.05, 0) is 43.0 Å². The van der Waals surface area contributed by atoms with E-state index < -0.39 is 0 Å². The molecule has 0 radical (unpaired) electrons. The first kappa shape index (κ1) is 12.5. The van der Waals surface area contributed by atoms with Gasteiger partial charge in [-0.1, -0.05) is 19.4 Å². The molecular weight excluding hydrogens is 236 g/mol. The minimum absolute atomic E-state index is 0.602. The average molecular weight is 258 g/mol.